The first kappa shape index (κ1) is 17.0. The normalized spacial score (nSPS) is 14.5. The van der Waals surface area contributed by atoms with E-state index in [-0.39, 0.29) is 23.9 Å². The average Bonchev–Trinajstić information content (AvgIpc) is 2.60. The summed E-state index contributed by atoms with van der Waals surface area (Å²) < 4.78 is 30.2. The molecule has 2 aromatic carbocycles. The number of nitriles is 1. The molecule has 0 aliphatic carbocycles. The number of carbonyl (C=O) groups is 1. The fourth-order valence-corrected chi connectivity index (χ4v) is 4.28. The molecule has 6 nitrogen and oxygen atoms in total. The second-order valence-electron chi connectivity index (χ2n) is 5.74. The van der Waals surface area contributed by atoms with E-state index in [1.54, 1.807) is 36.4 Å². The first-order chi connectivity index (χ1) is 12.0. The zero-order valence-electron chi connectivity index (χ0n) is 13.5. The minimum atomic E-state index is -3.48. The number of amides is 1. The number of carbonyl (C=O) groups excluding carboxylic acids is 1. The standard InChI is InChI=1S/C18H16N2O4S/c1-24-15-6-8-16(9-7-15)25(22,23)17-11-20(12-17)18(21)14-4-2-13(10-19)3-5-14/h2-9,17H,11-12H2,1H3. The summed E-state index contributed by atoms with van der Waals surface area (Å²) in [6.45, 7) is 0.320. The molecule has 1 aliphatic heterocycles. The summed E-state index contributed by atoms with van der Waals surface area (Å²) in [7, 11) is -1.96. The van der Waals surface area contributed by atoms with Gasteiger partial charge in [0.2, 0.25) is 0 Å². The van der Waals surface area contributed by atoms with Crippen molar-refractivity contribution in [1.29, 1.82) is 5.26 Å². The highest BCUT2D eigenvalue weighted by atomic mass is 32.2. The Morgan fingerprint density at radius 3 is 2.24 bits per heavy atom. The number of benzene rings is 2. The van der Waals surface area contributed by atoms with Crippen LogP contribution in [0.25, 0.3) is 0 Å². The summed E-state index contributed by atoms with van der Waals surface area (Å²) in [6.07, 6.45) is 0. The molecular formula is C18H16N2O4S. The monoisotopic (exact) mass is 356 g/mol. The number of nitrogens with zero attached hydrogens (tertiary/aromatic N) is 2. The number of ether oxygens (including phenoxy) is 1. The summed E-state index contributed by atoms with van der Waals surface area (Å²) in [5, 5.41) is 8.17. The van der Waals surface area contributed by atoms with Crippen molar-refractivity contribution in [1.82, 2.24) is 4.90 Å². The topological polar surface area (TPSA) is 87.5 Å². The quantitative estimate of drug-likeness (QED) is 0.834. The van der Waals surface area contributed by atoms with Crippen LogP contribution in [0.4, 0.5) is 0 Å². The minimum absolute atomic E-state index is 0.160. The molecule has 1 saturated heterocycles. The SMILES string of the molecule is COc1ccc(S(=O)(=O)C2CN(C(=O)c3ccc(C#N)cc3)C2)cc1. The van der Waals surface area contributed by atoms with Crippen LogP contribution in [0.1, 0.15) is 15.9 Å². The van der Waals surface area contributed by atoms with E-state index in [9.17, 15) is 13.2 Å². The zero-order valence-corrected chi connectivity index (χ0v) is 14.4. The number of hydrogen-bond donors (Lipinski definition) is 0. The number of hydrogen-bond acceptors (Lipinski definition) is 5. The maximum absolute atomic E-state index is 12.6. The van der Waals surface area contributed by atoms with Crippen LogP contribution in [-0.4, -0.2) is 44.7 Å². The van der Waals surface area contributed by atoms with E-state index < -0.39 is 15.1 Å². The van der Waals surface area contributed by atoms with Gasteiger partial charge in [0.05, 0.1) is 23.6 Å². The van der Waals surface area contributed by atoms with Gasteiger partial charge in [0.1, 0.15) is 11.0 Å². The summed E-state index contributed by atoms with van der Waals surface area (Å²) in [5.41, 5.74) is 0.916. The summed E-state index contributed by atoms with van der Waals surface area (Å²) >= 11 is 0. The molecule has 0 aromatic heterocycles. The molecule has 3 rings (SSSR count). The van der Waals surface area contributed by atoms with Gasteiger partial charge in [-0.15, -0.1) is 0 Å². The van der Waals surface area contributed by atoms with Gasteiger partial charge in [0.15, 0.2) is 9.84 Å². The van der Waals surface area contributed by atoms with Gasteiger partial charge in [-0.1, -0.05) is 0 Å². The van der Waals surface area contributed by atoms with Crippen molar-refractivity contribution < 1.29 is 17.9 Å². The highest BCUT2D eigenvalue weighted by molar-refractivity contribution is 7.92. The molecule has 2 aromatic rings. The van der Waals surface area contributed by atoms with Crippen LogP contribution in [0.5, 0.6) is 5.75 Å². The third-order valence-electron chi connectivity index (χ3n) is 4.22. The Balaban J connectivity index is 1.68. The summed E-state index contributed by atoms with van der Waals surface area (Å²) in [5.74, 6) is 0.357. The molecule has 1 fully saturated rings. The van der Waals surface area contributed by atoms with E-state index in [4.69, 9.17) is 10.00 Å². The Hall–Kier alpha value is -2.85. The van der Waals surface area contributed by atoms with Crippen LogP contribution in [0.3, 0.4) is 0 Å². The third-order valence-corrected chi connectivity index (χ3v) is 6.33. The molecule has 0 radical (unpaired) electrons. The van der Waals surface area contributed by atoms with Crippen LogP contribution in [0.2, 0.25) is 0 Å². The molecule has 1 heterocycles. The van der Waals surface area contributed by atoms with E-state index >= 15 is 0 Å². The Morgan fingerprint density at radius 1 is 1.12 bits per heavy atom. The summed E-state index contributed by atoms with van der Waals surface area (Å²) in [4.78, 5) is 14.1. The maximum atomic E-state index is 12.6. The molecule has 0 N–H and O–H groups in total. The van der Waals surface area contributed by atoms with Gasteiger partial charge in [-0.25, -0.2) is 8.42 Å². The Kier molecular flexibility index (Phi) is 4.47. The lowest BCUT2D eigenvalue weighted by Crippen LogP contribution is -2.56. The molecule has 0 bridgehead atoms. The molecule has 0 unspecified atom stereocenters. The van der Waals surface area contributed by atoms with Gasteiger partial charge >= 0.3 is 0 Å². The largest absolute Gasteiger partial charge is 0.497 e. The van der Waals surface area contributed by atoms with Gasteiger partial charge in [0, 0.05) is 18.7 Å². The lowest BCUT2D eigenvalue weighted by Gasteiger charge is -2.38. The number of likely N-dealkylation sites (tertiary alicyclic amines) is 1. The van der Waals surface area contributed by atoms with Gasteiger partial charge in [0.25, 0.3) is 5.91 Å². The van der Waals surface area contributed by atoms with E-state index in [2.05, 4.69) is 0 Å². The Bertz CT molecular complexity index is 923. The van der Waals surface area contributed by atoms with Crippen molar-refractivity contribution in [3.63, 3.8) is 0 Å². The van der Waals surface area contributed by atoms with E-state index in [1.807, 2.05) is 6.07 Å². The third kappa shape index (κ3) is 3.21. The maximum Gasteiger partial charge on any atom is 0.253 e. The fraction of sp³-hybridized carbons (Fsp3) is 0.222. The van der Waals surface area contributed by atoms with E-state index in [0.29, 0.717) is 16.9 Å². The van der Waals surface area contributed by atoms with Gasteiger partial charge < -0.3 is 9.64 Å². The lowest BCUT2D eigenvalue weighted by atomic mass is 10.1. The van der Waals surface area contributed by atoms with Crippen molar-refractivity contribution >= 4 is 15.7 Å². The smallest absolute Gasteiger partial charge is 0.253 e. The van der Waals surface area contributed by atoms with E-state index in [0.717, 1.165) is 0 Å². The molecule has 25 heavy (non-hydrogen) atoms. The molecule has 0 spiro atoms. The number of methoxy groups -OCH3 is 1. The van der Waals surface area contributed by atoms with Gasteiger partial charge in [-0.3, -0.25) is 4.79 Å². The second kappa shape index (κ2) is 6.57. The minimum Gasteiger partial charge on any atom is -0.497 e. The first-order valence-electron chi connectivity index (χ1n) is 7.63. The van der Waals surface area contributed by atoms with Crippen LogP contribution >= 0.6 is 0 Å². The lowest BCUT2D eigenvalue weighted by molar-refractivity contribution is 0.0659. The number of rotatable bonds is 4. The van der Waals surface area contributed by atoms with Crippen molar-refractivity contribution in [2.75, 3.05) is 20.2 Å². The van der Waals surface area contributed by atoms with E-state index in [1.165, 1.54) is 24.1 Å². The van der Waals surface area contributed by atoms with Crippen LogP contribution < -0.4 is 4.74 Å². The van der Waals surface area contributed by atoms with Crippen LogP contribution in [0, 0.1) is 11.3 Å². The molecule has 0 atom stereocenters. The molecule has 7 heteroatoms. The van der Waals surface area contributed by atoms with Crippen LogP contribution in [-0.2, 0) is 9.84 Å². The first-order valence-corrected chi connectivity index (χ1v) is 9.17. The molecular weight excluding hydrogens is 340 g/mol. The molecule has 128 valence electrons. The predicted octanol–water partition coefficient (Wildman–Crippen LogP) is 1.87. The second-order valence-corrected chi connectivity index (χ2v) is 7.97. The Morgan fingerprint density at radius 2 is 1.72 bits per heavy atom. The van der Waals surface area contributed by atoms with Crippen LogP contribution in [0.15, 0.2) is 53.4 Å². The molecule has 1 aliphatic rings. The van der Waals surface area contributed by atoms with Gasteiger partial charge in [-0.05, 0) is 48.5 Å². The fourth-order valence-electron chi connectivity index (χ4n) is 2.63. The number of sulfone groups is 1. The highest BCUT2D eigenvalue weighted by Gasteiger charge is 2.40. The zero-order chi connectivity index (χ0) is 18.0. The van der Waals surface area contributed by atoms with Gasteiger partial charge in [-0.2, -0.15) is 5.26 Å². The highest BCUT2D eigenvalue weighted by Crippen LogP contribution is 2.26. The molecule has 1 amide bonds. The summed E-state index contributed by atoms with van der Waals surface area (Å²) in [6, 6.07) is 14.5. The van der Waals surface area contributed by atoms with Crippen molar-refractivity contribution in [3.8, 4) is 11.8 Å². The Labute approximate surface area is 146 Å². The van der Waals surface area contributed by atoms with Crippen molar-refractivity contribution in [2.45, 2.75) is 10.1 Å². The molecule has 0 saturated carbocycles. The average molecular weight is 356 g/mol. The van der Waals surface area contributed by atoms with Crippen molar-refractivity contribution in [2.24, 2.45) is 0 Å². The predicted molar refractivity (Wildman–Crippen MR) is 91.0 cm³/mol. The van der Waals surface area contributed by atoms with Crippen molar-refractivity contribution in [3.05, 3.63) is 59.7 Å².